The Bertz CT molecular complexity index is 74.1. The molecule has 38 valence electrons. The minimum Gasteiger partial charge on any atom is -1.00 e. The molecule has 0 aromatic rings. The van der Waals surface area contributed by atoms with Crippen molar-refractivity contribution in [1.82, 2.24) is 5.32 Å². The minimum atomic E-state index is 0. The van der Waals surface area contributed by atoms with Gasteiger partial charge in [0.05, 0.1) is 18.7 Å². The third-order valence-electron chi connectivity index (χ3n) is 0.635. The lowest BCUT2D eigenvalue weighted by molar-refractivity contribution is -0.00000124. The van der Waals surface area contributed by atoms with Crippen LogP contribution in [0.5, 0.6) is 0 Å². The summed E-state index contributed by atoms with van der Waals surface area (Å²) in [7, 11) is 0. The van der Waals surface area contributed by atoms with Gasteiger partial charge in [0.1, 0.15) is 6.20 Å². The van der Waals surface area contributed by atoms with E-state index in [0.29, 0.717) is 0 Å². The fraction of sp³-hybridized carbons (Fsp3) is 0.200. The molecule has 7 heavy (non-hydrogen) atoms. The zero-order valence-electron chi connectivity index (χ0n) is 3.82. The molecule has 0 aromatic carbocycles. The molecular weight excluding hydrogens is 154 g/mol. The number of hydrogen-bond acceptors (Lipinski definition) is 1. The first-order chi connectivity index (χ1) is 3.00. The summed E-state index contributed by atoms with van der Waals surface area (Å²) in [6, 6.07) is 0. The van der Waals surface area contributed by atoms with Gasteiger partial charge in [0.25, 0.3) is 0 Å². The maximum atomic E-state index is 2.99. The van der Waals surface area contributed by atoms with E-state index in [2.05, 4.69) is 11.4 Å². The van der Waals surface area contributed by atoms with Crippen molar-refractivity contribution < 1.29 is 17.0 Å². The van der Waals surface area contributed by atoms with Crippen molar-refractivity contribution in [3.8, 4) is 0 Å². The topological polar surface area (TPSA) is 12.0 Å². The van der Waals surface area contributed by atoms with Crippen LogP contribution in [-0.4, -0.2) is 6.54 Å². The number of nitrogens with one attached hydrogen (secondary N) is 1. The number of halogens is 1. The third-order valence-corrected chi connectivity index (χ3v) is 0.635. The highest BCUT2D eigenvalue weighted by Gasteiger charge is 1.86. The molecule has 1 aliphatic heterocycles. The monoisotopic (exact) mass is 159 g/mol. The molecule has 0 saturated heterocycles. The number of rotatable bonds is 0. The summed E-state index contributed by atoms with van der Waals surface area (Å²) in [5.41, 5.74) is 0. The van der Waals surface area contributed by atoms with Crippen molar-refractivity contribution in [2.75, 3.05) is 6.54 Å². The summed E-state index contributed by atoms with van der Waals surface area (Å²) in [6.45, 7) is 0.927. The molecule has 1 rings (SSSR count). The van der Waals surface area contributed by atoms with E-state index in [1.165, 1.54) is 0 Å². The van der Waals surface area contributed by atoms with Crippen LogP contribution in [0.3, 0.4) is 0 Å². The molecule has 0 radical (unpaired) electrons. The Balaban J connectivity index is 0.000000360. The van der Waals surface area contributed by atoms with Crippen LogP contribution in [0.1, 0.15) is 0 Å². The largest absolute Gasteiger partial charge is 1.00 e. The minimum absolute atomic E-state index is 0. The number of hydrogen-bond donors (Lipinski definition) is 1. The molecule has 0 aromatic heterocycles. The lowest BCUT2D eigenvalue weighted by Crippen LogP contribution is -3.00. The van der Waals surface area contributed by atoms with Gasteiger partial charge >= 0.3 is 0 Å². The molecule has 0 fully saturated rings. The van der Waals surface area contributed by atoms with Crippen molar-refractivity contribution in [2.45, 2.75) is 0 Å². The molecule has 0 aliphatic carbocycles. The Labute approximate surface area is 53.9 Å². The maximum absolute atomic E-state index is 2.99. The summed E-state index contributed by atoms with van der Waals surface area (Å²) in [5.74, 6) is 0. The SMILES string of the molecule is [Br-].[C+]1=CCNC=C1. The molecule has 1 aliphatic rings. The van der Waals surface area contributed by atoms with Crippen LogP contribution >= 0.6 is 0 Å². The van der Waals surface area contributed by atoms with Crippen LogP contribution in [0.25, 0.3) is 0 Å². The van der Waals surface area contributed by atoms with E-state index in [-0.39, 0.29) is 17.0 Å². The summed E-state index contributed by atoms with van der Waals surface area (Å²) >= 11 is 0. The second kappa shape index (κ2) is 3.85. The fourth-order valence-corrected chi connectivity index (χ4v) is 0.361. The molecule has 2 heteroatoms. The molecule has 0 spiro atoms. The molecule has 0 bridgehead atoms. The molecule has 0 atom stereocenters. The first-order valence-corrected chi connectivity index (χ1v) is 1.96. The molecule has 0 amide bonds. The standard InChI is InChI=1S/C5H6N.BrH/c1-2-4-6-5-3-1;/h2-4,6H,5H2;1H/q+1;/p-1. The normalized spacial score (nSPS) is 13.7. The molecule has 1 nitrogen and oxygen atoms in total. The predicted octanol–water partition coefficient (Wildman–Crippen LogP) is -2.53. The highest BCUT2D eigenvalue weighted by atomic mass is 79.9. The fourth-order valence-electron chi connectivity index (χ4n) is 0.361. The van der Waals surface area contributed by atoms with Crippen LogP contribution in [0.15, 0.2) is 18.4 Å². The molecular formula is C5H6BrN. The van der Waals surface area contributed by atoms with Gasteiger partial charge in [-0.15, -0.1) is 0 Å². The lowest BCUT2D eigenvalue weighted by atomic mass is 10.4. The average molecular weight is 160 g/mol. The second-order valence-corrected chi connectivity index (χ2v) is 1.11. The Kier molecular flexibility index (Phi) is 3.67. The Morgan fingerprint density at radius 3 is 2.57 bits per heavy atom. The van der Waals surface area contributed by atoms with Gasteiger partial charge < -0.3 is 22.3 Å². The Hall–Kier alpha value is -0.330. The van der Waals surface area contributed by atoms with Crippen molar-refractivity contribution >= 4 is 0 Å². The van der Waals surface area contributed by atoms with Gasteiger partial charge in [-0.1, -0.05) is 0 Å². The van der Waals surface area contributed by atoms with Gasteiger partial charge in [-0.05, 0) is 0 Å². The van der Waals surface area contributed by atoms with Gasteiger partial charge in [-0.3, -0.25) is 0 Å². The van der Waals surface area contributed by atoms with Gasteiger partial charge in [0, 0.05) is 0 Å². The summed E-state index contributed by atoms with van der Waals surface area (Å²) in [5, 5.41) is 2.99. The van der Waals surface area contributed by atoms with E-state index in [9.17, 15) is 0 Å². The second-order valence-electron chi connectivity index (χ2n) is 1.11. The number of allylic oxidation sites excluding steroid dienone is 2. The van der Waals surface area contributed by atoms with E-state index in [4.69, 9.17) is 0 Å². The van der Waals surface area contributed by atoms with Crippen molar-refractivity contribution in [1.29, 1.82) is 0 Å². The zero-order chi connectivity index (χ0) is 4.24. The lowest BCUT2D eigenvalue weighted by Gasteiger charge is -1.83. The van der Waals surface area contributed by atoms with Gasteiger partial charge in [-0.2, -0.15) is 0 Å². The van der Waals surface area contributed by atoms with Crippen LogP contribution in [-0.2, 0) is 0 Å². The zero-order valence-corrected chi connectivity index (χ0v) is 5.40. The van der Waals surface area contributed by atoms with E-state index in [1.807, 2.05) is 18.4 Å². The van der Waals surface area contributed by atoms with Crippen molar-refractivity contribution in [3.05, 3.63) is 24.4 Å². The number of dihydropyridines is 1. The van der Waals surface area contributed by atoms with Crippen LogP contribution in [0, 0.1) is 6.08 Å². The Morgan fingerprint density at radius 2 is 2.43 bits per heavy atom. The first-order valence-electron chi connectivity index (χ1n) is 1.96. The Morgan fingerprint density at radius 1 is 1.57 bits per heavy atom. The van der Waals surface area contributed by atoms with Crippen molar-refractivity contribution in [2.24, 2.45) is 0 Å². The predicted molar refractivity (Wildman–Crippen MR) is 25.0 cm³/mol. The molecule has 1 heterocycles. The first kappa shape index (κ1) is 6.67. The summed E-state index contributed by atoms with van der Waals surface area (Å²) < 4.78 is 0. The van der Waals surface area contributed by atoms with E-state index in [1.54, 1.807) is 0 Å². The summed E-state index contributed by atoms with van der Waals surface area (Å²) in [4.78, 5) is 0. The van der Waals surface area contributed by atoms with Crippen LogP contribution in [0.2, 0.25) is 0 Å². The smallest absolute Gasteiger partial charge is 0.176 e. The van der Waals surface area contributed by atoms with Gasteiger partial charge in [0.15, 0.2) is 6.08 Å². The van der Waals surface area contributed by atoms with Crippen LogP contribution in [0.4, 0.5) is 0 Å². The van der Waals surface area contributed by atoms with Gasteiger partial charge in [-0.25, -0.2) is 0 Å². The van der Waals surface area contributed by atoms with Crippen LogP contribution < -0.4 is 22.3 Å². The average Bonchev–Trinajstić information content (AvgIpc) is 1.72. The highest BCUT2D eigenvalue weighted by molar-refractivity contribution is 5.00. The van der Waals surface area contributed by atoms with E-state index in [0.717, 1.165) is 6.54 Å². The summed E-state index contributed by atoms with van der Waals surface area (Å²) in [6.07, 6.45) is 8.59. The van der Waals surface area contributed by atoms with Crippen molar-refractivity contribution in [3.63, 3.8) is 0 Å². The molecule has 0 saturated carbocycles. The maximum Gasteiger partial charge on any atom is 0.176 e. The molecule has 0 unspecified atom stereocenters. The molecule has 1 N–H and O–H groups in total. The highest BCUT2D eigenvalue weighted by Crippen LogP contribution is 1.77. The van der Waals surface area contributed by atoms with E-state index < -0.39 is 0 Å². The third kappa shape index (κ3) is 2.38. The van der Waals surface area contributed by atoms with E-state index >= 15 is 0 Å². The van der Waals surface area contributed by atoms with Gasteiger partial charge in [0.2, 0.25) is 0 Å². The quantitative estimate of drug-likeness (QED) is 0.385.